The Morgan fingerprint density at radius 1 is 1.06 bits per heavy atom. The monoisotopic (exact) mass is 449 g/mol. The molecule has 0 aliphatic carbocycles. The number of amides is 3. The van der Waals surface area contributed by atoms with Gasteiger partial charge in [0, 0.05) is 57.0 Å². The molecular weight excluding hydrogens is 414 g/mol. The average Bonchev–Trinajstić information content (AvgIpc) is 2.82. The Morgan fingerprint density at radius 3 is 2.39 bits per heavy atom. The fourth-order valence-corrected chi connectivity index (χ4v) is 5.11. The SMILES string of the molecule is CCN(CC)C(=O)CC1CC2(CCN(C(=O)Nc3ccc(C)cc3)CC2)Oc2ccccc21. The highest BCUT2D eigenvalue weighted by Gasteiger charge is 2.44. The summed E-state index contributed by atoms with van der Waals surface area (Å²) in [6.45, 7) is 8.82. The first-order valence-electron chi connectivity index (χ1n) is 12.1. The number of anilines is 1. The van der Waals surface area contributed by atoms with Crippen LogP contribution in [0.3, 0.4) is 0 Å². The van der Waals surface area contributed by atoms with Crippen LogP contribution in [0.25, 0.3) is 0 Å². The third-order valence-corrected chi connectivity index (χ3v) is 7.11. The molecule has 1 unspecified atom stereocenters. The molecule has 2 aliphatic rings. The van der Waals surface area contributed by atoms with Crippen LogP contribution in [-0.2, 0) is 4.79 Å². The molecule has 0 bridgehead atoms. The summed E-state index contributed by atoms with van der Waals surface area (Å²) in [7, 11) is 0. The number of hydrogen-bond acceptors (Lipinski definition) is 3. The van der Waals surface area contributed by atoms with Gasteiger partial charge in [-0.15, -0.1) is 0 Å². The van der Waals surface area contributed by atoms with Gasteiger partial charge in [0.1, 0.15) is 11.4 Å². The normalized spacial score (nSPS) is 18.9. The third kappa shape index (κ3) is 5.15. The lowest BCUT2D eigenvalue weighted by molar-refractivity contribution is -0.131. The van der Waals surface area contributed by atoms with Gasteiger partial charge in [0.25, 0.3) is 0 Å². The van der Waals surface area contributed by atoms with Crippen LogP contribution in [0, 0.1) is 6.92 Å². The molecule has 2 aliphatic heterocycles. The number of nitrogens with one attached hydrogen (secondary N) is 1. The standard InChI is InChI=1S/C27H35N3O3/c1-4-29(5-2)25(31)18-21-19-27(33-24-9-7-6-8-23(21)24)14-16-30(17-15-27)26(32)28-22-12-10-20(3)11-13-22/h6-13,21H,4-5,14-19H2,1-3H3,(H,28,32). The number of aryl methyl sites for hydroxylation is 1. The smallest absolute Gasteiger partial charge is 0.321 e. The molecule has 0 saturated carbocycles. The summed E-state index contributed by atoms with van der Waals surface area (Å²) in [6, 6.07) is 15.9. The number of fused-ring (bicyclic) bond motifs is 1. The van der Waals surface area contributed by atoms with Crippen LogP contribution in [0.15, 0.2) is 48.5 Å². The van der Waals surface area contributed by atoms with Gasteiger partial charge in [-0.3, -0.25) is 4.79 Å². The Balaban J connectivity index is 1.44. The van der Waals surface area contributed by atoms with E-state index in [1.807, 2.05) is 73.0 Å². The van der Waals surface area contributed by atoms with Gasteiger partial charge in [0.15, 0.2) is 0 Å². The van der Waals surface area contributed by atoms with Crippen LogP contribution in [-0.4, -0.2) is 53.5 Å². The molecule has 3 amide bonds. The number of hydrogen-bond donors (Lipinski definition) is 1. The summed E-state index contributed by atoms with van der Waals surface area (Å²) in [5, 5.41) is 3.00. The highest BCUT2D eigenvalue weighted by molar-refractivity contribution is 5.89. The van der Waals surface area contributed by atoms with Gasteiger partial charge in [-0.2, -0.15) is 0 Å². The first-order valence-corrected chi connectivity index (χ1v) is 12.1. The first-order chi connectivity index (χ1) is 15.9. The lowest BCUT2D eigenvalue weighted by atomic mass is 9.76. The minimum Gasteiger partial charge on any atom is -0.487 e. The van der Waals surface area contributed by atoms with Crippen LogP contribution < -0.4 is 10.1 Å². The maximum Gasteiger partial charge on any atom is 0.321 e. The van der Waals surface area contributed by atoms with Crippen molar-refractivity contribution < 1.29 is 14.3 Å². The molecule has 33 heavy (non-hydrogen) atoms. The summed E-state index contributed by atoms with van der Waals surface area (Å²) in [6.07, 6.45) is 2.84. The van der Waals surface area contributed by atoms with Crippen LogP contribution in [0.1, 0.15) is 56.6 Å². The molecule has 1 saturated heterocycles. The van der Waals surface area contributed by atoms with E-state index in [2.05, 4.69) is 11.4 Å². The largest absolute Gasteiger partial charge is 0.487 e. The Labute approximate surface area is 196 Å². The van der Waals surface area contributed by atoms with Crippen LogP contribution >= 0.6 is 0 Å². The van der Waals surface area contributed by atoms with Crippen molar-refractivity contribution in [2.75, 3.05) is 31.5 Å². The minimum atomic E-state index is -0.330. The van der Waals surface area contributed by atoms with Crippen molar-refractivity contribution in [3.63, 3.8) is 0 Å². The van der Waals surface area contributed by atoms with E-state index < -0.39 is 0 Å². The molecule has 0 radical (unpaired) electrons. The van der Waals surface area contributed by atoms with Crippen molar-refractivity contribution in [1.82, 2.24) is 9.80 Å². The van der Waals surface area contributed by atoms with Gasteiger partial charge in [-0.05, 0) is 51.0 Å². The lowest BCUT2D eigenvalue weighted by Crippen LogP contribution is -2.52. The van der Waals surface area contributed by atoms with Gasteiger partial charge in [0.2, 0.25) is 5.91 Å². The fourth-order valence-electron chi connectivity index (χ4n) is 5.11. The van der Waals surface area contributed by atoms with Gasteiger partial charge in [-0.25, -0.2) is 4.79 Å². The number of likely N-dealkylation sites (tertiary alicyclic amines) is 1. The number of piperidine rings is 1. The van der Waals surface area contributed by atoms with E-state index in [0.29, 0.717) is 19.5 Å². The van der Waals surface area contributed by atoms with E-state index in [1.54, 1.807) is 0 Å². The second-order valence-corrected chi connectivity index (χ2v) is 9.28. The molecule has 1 N–H and O–H groups in total. The van der Waals surface area contributed by atoms with E-state index >= 15 is 0 Å². The van der Waals surface area contributed by atoms with Crippen molar-refractivity contribution in [1.29, 1.82) is 0 Å². The number of carbonyl (C=O) groups excluding carboxylic acids is 2. The van der Waals surface area contributed by atoms with Crippen LogP contribution in [0.2, 0.25) is 0 Å². The fraction of sp³-hybridized carbons (Fsp3) is 0.481. The summed E-state index contributed by atoms with van der Waals surface area (Å²) < 4.78 is 6.56. The number of rotatable bonds is 5. The maximum absolute atomic E-state index is 12.9. The zero-order valence-electron chi connectivity index (χ0n) is 20.0. The zero-order valence-corrected chi connectivity index (χ0v) is 20.0. The van der Waals surface area contributed by atoms with Gasteiger partial charge in [-0.1, -0.05) is 35.9 Å². The molecule has 176 valence electrons. The molecule has 1 fully saturated rings. The number of urea groups is 1. The summed E-state index contributed by atoms with van der Waals surface area (Å²) in [5.74, 6) is 1.22. The van der Waals surface area contributed by atoms with E-state index in [1.165, 1.54) is 0 Å². The molecule has 1 spiro atoms. The van der Waals surface area contributed by atoms with E-state index in [4.69, 9.17) is 4.74 Å². The summed E-state index contributed by atoms with van der Waals surface area (Å²) in [4.78, 5) is 29.5. The predicted octanol–water partition coefficient (Wildman–Crippen LogP) is 5.19. The number of para-hydroxylation sites is 1. The Morgan fingerprint density at radius 2 is 1.73 bits per heavy atom. The highest BCUT2D eigenvalue weighted by atomic mass is 16.5. The molecule has 2 aromatic rings. The minimum absolute atomic E-state index is 0.0711. The molecule has 4 rings (SSSR count). The topological polar surface area (TPSA) is 61.9 Å². The van der Waals surface area contributed by atoms with E-state index in [9.17, 15) is 9.59 Å². The average molecular weight is 450 g/mol. The molecule has 6 heteroatoms. The molecular formula is C27H35N3O3. The highest BCUT2D eigenvalue weighted by Crippen LogP contribution is 2.46. The third-order valence-electron chi connectivity index (χ3n) is 7.11. The molecule has 0 aromatic heterocycles. The molecule has 2 aromatic carbocycles. The number of benzene rings is 2. The Bertz CT molecular complexity index is 976. The van der Waals surface area contributed by atoms with Crippen LogP contribution in [0.5, 0.6) is 5.75 Å². The Kier molecular flexibility index (Phi) is 6.91. The van der Waals surface area contributed by atoms with Crippen molar-refractivity contribution >= 4 is 17.6 Å². The molecule has 2 heterocycles. The van der Waals surface area contributed by atoms with Crippen molar-refractivity contribution in [2.45, 2.75) is 58.0 Å². The van der Waals surface area contributed by atoms with Gasteiger partial charge < -0.3 is 19.9 Å². The predicted molar refractivity (Wildman–Crippen MR) is 131 cm³/mol. The number of carbonyl (C=O) groups is 2. The summed E-state index contributed by atoms with van der Waals surface area (Å²) >= 11 is 0. The van der Waals surface area contributed by atoms with Crippen molar-refractivity contribution in [3.8, 4) is 5.75 Å². The second kappa shape index (κ2) is 9.86. The maximum atomic E-state index is 12.9. The van der Waals surface area contributed by atoms with Crippen molar-refractivity contribution in [3.05, 3.63) is 59.7 Å². The second-order valence-electron chi connectivity index (χ2n) is 9.28. The quantitative estimate of drug-likeness (QED) is 0.684. The van der Waals surface area contributed by atoms with E-state index in [0.717, 1.165) is 54.9 Å². The van der Waals surface area contributed by atoms with Crippen molar-refractivity contribution in [2.24, 2.45) is 0 Å². The van der Waals surface area contributed by atoms with E-state index in [-0.39, 0.29) is 23.5 Å². The summed E-state index contributed by atoms with van der Waals surface area (Å²) in [5.41, 5.74) is 2.77. The zero-order chi connectivity index (χ0) is 23.4. The number of ether oxygens (including phenoxy) is 1. The Hall–Kier alpha value is -3.02. The number of nitrogens with zero attached hydrogens (tertiary/aromatic N) is 2. The van der Waals surface area contributed by atoms with Crippen LogP contribution in [0.4, 0.5) is 10.5 Å². The molecule has 1 atom stereocenters. The van der Waals surface area contributed by atoms with Gasteiger partial charge in [0.05, 0.1) is 0 Å². The lowest BCUT2D eigenvalue weighted by Gasteiger charge is -2.47. The van der Waals surface area contributed by atoms with Gasteiger partial charge >= 0.3 is 6.03 Å². The molecule has 6 nitrogen and oxygen atoms in total. The first kappa shape index (κ1) is 23.1.